The molecule has 138 heavy (non-hydrogen) atoms. The van der Waals surface area contributed by atoms with E-state index in [4.69, 9.17) is 29.5 Å². The van der Waals surface area contributed by atoms with Crippen molar-refractivity contribution < 1.29 is 139 Å². The van der Waals surface area contributed by atoms with Gasteiger partial charge in [0.2, 0.25) is 43.4 Å². The molecule has 0 amide bonds. The molecule has 9 aromatic carbocycles. The number of carbonyl (C=O) groups is 2. The Hall–Kier alpha value is -9.90. The summed E-state index contributed by atoms with van der Waals surface area (Å²) >= 11 is 3.66. The second-order valence-corrected chi connectivity index (χ2v) is 40.1. The molecule has 2 aliphatic carbocycles. The van der Waals surface area contributed by atoms with Crippen molar-refractivity contribution in [3.8, 4) is 0 Å². The van der Waals surface area contributed by atoms with Crippen LogP contribution in [0, 0.1) is 72.5 Å². The zero-order chi connectivity index (χ0) is 102. The summed E-state index contributed by atoms with van der Waals surface area (Å²) in [5.74, 6) is 0.366. The number of benzene rings is 9. The molecule has 2 aliphatic rings. The molecule has 0 aromatic heterocycles. The van der Waals surface area contributed by atoms with Gasteiger partial charge in [0.25, 0.3) is 0 Å². The molecule has 9 aromatic rings. The molecule has 750 valence electrons. The Kier molecular flexibility index (Phi) is 71.7. The third kappa shape index (κ3) is 55.8. The van der Waals surface area contributed by atoms with Gasteiger partial charge in [-0.1, -0.05) is 280 Å². The molecule has 0 aliphatic heterocycles. The number of nitrogens with two attached hydrogens (primary N) is 1. The number of hydrogen-bond donors (Lipinski definition) is 3. The van der Waals surface area contributed by atoms with Gasteiger partial charge in [0, 0.05) is 125 Å². The molecule has 11 rings (SSSR count). The summed E-state index contributed by atoms with van der Waals surface area (Å²) in [4.78, 5) is 83.3. The molecule has 4 N–H and O–H groups in total. The summed E-state index contributed by atoms with van der Waals surface area (Å²) in [6, 6.07) is 90.9. The fourth-order valence-corrected chi connectivity index (χ4v) is 17.1. The molecular formula is C105H140ClCuFKN7O20PSi. The van der Waals surface area contributed by atoms with Gasteiger partial charge in [0.1, 0.15) is 30.4 Å². The van der Waals surface area contributed by atoms with E-state index in [-0.39, 0.29) is 141 Å². The second kappa shape index (κ2) is 76.0. The Bertz CT molecular complexity index is 4750. The summed E-state index contributed by atoms with van der Waals surface area (Å²) in [5.41, 5.74) is 11.3. The monoisotopic (exact) mass is 2030 g/mol. The zero-order valence-corrected chi connectivity index (χ0v) is 88.9. The molecule has 0 spiro atoms. The van der Waals surface area contributed by atoms with Gasteiger partial charge in [-0.05, 0) is 186 Å². The summed E-state index contributed by atoms with van der Waals surface area (Å²) in [5, 5.41) is 85.1. The number of hydrogen-bond acceptors (Lipinski definition) is 21. The number of aliphatic hydroxyl groups excluding tert-OH is 2. The number of halogens is 2. The number of rotatable bonds is 34. The topological polar surface area (TPSA) is 396 Å². The van der Waals surface area contributed by atoms with Gasteiger partial charge < -0.3 is 44.1 Å². The molecule has 0 saturated heterocycles. The number of aryl methyl sites for hydroxylation is 6. The number of aliphatic hydroxyl groups is 2. The number of allylic oxidation sites excluding steroid dienone is 5. The van der Waals surface area contributed by atoms with E-state index >= 15 is 0 Å². The normalized spacial score (nSPS) is 17.0. The number of Topliss-reactive ketones (excluding diaryl/α,β-unsaturated/α-hetero) is 1. The molecular weight excluding hydrogens is 1900 g/mol. The van der Waals surface area contributed by atoms with Crippen LogP contribution in [-0.4, -0.2) is 136 Å². The van der Waals surface area contributed by atoms with Crippen LogP contribution in [-0.2, 0) is 81.9 Å². The first-order chi connectivity index (χ1) is 64.8. The second-order valence-electron chi connectivity index (χ2n) is 33.4. The molecule has 2 saturated carbocycles. The van der Waals surface area contributed by atoms with E-state index in [9.17, 15) is 75.4 Å². The fraction of sp³-hybridized carbons (Fsp3) is 0.390. The minimum Gasteiger partial charge on any atom is -1.00 e. The molecule has 0 heterocycles. The van der Waals surface area contributed by atoms with E-state index in [1.54, 1.807) is 66.4 Å². The van der Waals surface area contributed by atoms with E-state index < -0.39 is 56.6 Å². The van der Waals surface area contributed by atoms with Crippen molar-refractivity contribution >= 4 is 54.3 Å². The Labute approximate surface area is 872 Å². The molecule has 3 unspecified atom stereocenters. The van der Waals surface area contributed by atoms with Crippen LogP contribution in [0.3, 0.4) is 0 Å². The van der Waals surface area contributed by atoms with Crippen LogP contribution in [0.5, 0.6) is 0 Å². The quantitative estimate of drug-likeness (QED) is 0.00641. The van der Waals surface area contributed by atoms with Gasteiger partial charge in [0.05, 0.1) is 29.0 Å². The summed E-state index contributed by atoms with van der Waals surface area (Å²) < 4.78 is 20.9. The van der Waals surface area contributed by atoms with Crippen molar-refractivity contribution in [2.45, 2.75) is 225 Å². The van der Waals surface area contributed by atoms with Crippen molar-refractivity contribution in [2.24, 2.45) is 17.6 Å². The number of carbonyl (C=O) groups excluding carboxylic acids is 2. The maximum Gasteiger partial charge on any atom is 1.00 e. The Morgan fingerprint density at radius 1 is 0.514 bits per heavy atom. The first-order valence-corrected chi connectivity index (χ1v) is 51.0. The van der Waals surface area contributed by atoms with Gasteiger partial charge in [-0.3, -0.25) is 65.5 Å². The average Bonchev–Trinajstić information content (AvgIpc) is 0.773. The van der Waals surface area contributed by atoms with E-state index in [1.807, 2.05) is 170 Å². The molecule has 0 radical (unpaired) electrons. The summed E-state index contributed by atoms with van der Waals surface area (Å²) in [6.45, 7) is 22.8. The predicted octanol–water partition coefficient (Wildman–Crippen LogP) is 15.4. The molecule has 2 fully saturated rings. The average molecular weight is 2040 g/mol. The smallest absolute Gasteiger partial charge is 1.00 e. The Morgan fingerprint density at radius 2 is 0.812 bits per heavy atom. The maximum absolute atomic E-state index is 11.9. The minimum absolute atomic E-state index is 0. The van der Waals surface area contributed by atoms with Crippen LogP contribution in [0.25, 0.3) is 0 Å². The van der Waals surface area contributed by atoms with Crippen molar-refractivity contribution in [2.75, 3.05) is 27.9 Å². The third-order valence-corrected chi connectivity index (χ3v) is 24.9. The van der Waals surface area contributed by atoms with Crippen LogP contribution in [0.1, 0.15) is 153 Å². The van der Waals surface area contributed by atoms with Gasteiger partial charge in [0.15, 0.2) is 0 Å². The van der Waals surface area contributed by atoms with E-state index in [1.165, 1.54) is 73.0 Å². The van der Waals surface area contributed by atoms with Crippen LogP contribution in [0.4, 0.5) is 0 Å². The third-order valence-electron chi connectivity index (χ3n) is 21.5. The van der Waals surface area contributed by atoms with Crippen LogP contribution in [0.15, 0.2) is 321 Å². The summed E-state index contributed by atoms with van der Waals surface area (Å²) in [6.07, 6.45) is 15.8. The van der Waals surface area contributed by atoms with Gasteiger partial charge >= 0.3 is 76.6 Å². The van der Waals surface area contributed by atoms with Crippen LogP contribution in [0.2, 0.25) is 19.6 Å². The standard InChI is InChI=1S/C18H15P.C16H24N2O3.C16H21NO4.C11H15NO3.2C11H13NO2.C9H10O.C8H16O2Si.C3H8O.C2H5NO2.ClH.Cu.FH.K/c1-4-10-16(11-5-1)19(17-12-6-2-7-13-17)18-14-8-3-9-15-18;1-16(18(19)20)13(10-14(17)11-15(16)21-2)9-8-12-6-4-3-5-7-12;1-16(17(19)20)13(10-14(18)11-15(16)21-2)9-8-12-6-4-3-5-7-12;1-9(12(14)15)11(13)8-7-10-5-3-2-4-6-10;2*1-10(12(13)14)6-5-9-11-7-3-2-4-8-11;10-8-4-7-9-5-2-1-3-6-9;1-8(6-7-9-2)10-11(3,4)5;1-3(2)4;1-2-3(4)5;;;;/h1-15H;3-7,13-15H,8-11,17H2,1-2H3;3-7,13,15H,8-11H2,1-2H3;2-6,9,11,13H,7-8H2,1H3;2*2-4,6-8H,5,9H2,1H3;1-3,5-6,8H,4,7H2;6-7H,1H2,2-5H3;3-4H,1-2H3;2H2,1H3;1H;;1H;/q;;;;;;;;;;;+1;;+1/p-2/b;;;;10-6+;;;7-6+;;;;;;/t;13-,14?,15+,16+;13-,15+,16+;;;;;;;;;;;/m.11.........../s1. The number of nitrogens with zero attached hydrogens (tertiary/aromatic N) is 6. The largest absolute Gasteiger partial charge is 1.00 e. The molecule has 33 heteroatoms. The predicted molar refractivity (Wildman–Crippen MR) is 545 cm³/mol. The van der Waals surface area contributed by atoms with Gasteiger partial charge in [-0.25, -0.2) is 0 Å². The molecule has 27 nitrogen and oxygen atoms in total. The van der Waals surface area contributed by atoms with Crippen molar-refractivity contribution in [1.29, 1.82) is 0 Å². The van der Waals surface area contributed by atoms with Gasteiger partial charge in [-0.15, -0.1) is 0 Å². The first kappa shape index (κ1) is 130. The molecule has 9 atom stereocenters. The number of nitro groups is 6. The number of methoxy groups -OCH3 is 3. The van der Waals surface area contributed by atoms with Crippen molar-refractivity contribution in [3.63, 3.8) is 0 Å². The van der Waals surface area contributed by atoms with Crippen LogP contribution >= 0.6 is 18.0 Å². The Balaban J connectivity index is 0. The van der Waals surface area contributed by atoms with Crippen molar-refractivity contribution in [3.05, 3.63) is 415 Å². The van der Waals surface area contributed by atoms with Crippen molar-refractivity contribution in [1.82, 2.24) is 0 Å². The Morgan fingerprint density at radius 3 is 1.09 bits per heavy atom. The number of ketones is 1. The minimum atomic E-state index is -1.48. The van der Waals surface area contributed by atoms with Gasteiger partial charge in [-0.2, -0.15) is 0 Å². The number of aldehydes is 1. The zero-order valence-electron chi connectivity index (χ0n) is 82.2. The van der Waals surface area contributed by atoms with E-state index in [0.717, 1.165) is 68.8 Å². The van der Waals surface area contributed by atoms with E-state index in [0.29, 0.717) is 44.3 Å². The SMILES string of the molecule is C/C(=C\CCc1ccccc1)[N+](=O)[O-].C=C(/C=C/OC)O[Si](C)(C)C.CC(=CCCc1ccccc1)[N+](=O)[O-].CC(C(O)CCc1ccccc1)[N+](=O)[O-].CC(C)O.CC[N+](=O)[O-].CO[C@H]1CC(=O)C[C@@H](CCc2ccccc2)[C@]1(C)[N+](=O)[O-].CO[C@H]1CC(N)C[C@@H](CCc2ccccc2)[C@]1(C)[N+](=O)[O-].O=CCCc1ccccc1.[Cl][Cu].[F-].[K+].c1ccc(P(c2ccccc2)c2ccccc2)cc1. The number of ether oxygens (including phenoxy) is 3. The fourth-order valence-electron chi connectivity index (χ4n) is 14.0. The first-order valence-electron chi connectivity index (χ1n) is 45.0. The van der Waals surface area contributed by atoms with Crippen LogP contribution < -0.4 is 77.7 Å². The van der Waals surface area contributed by atoms with E-state index in [2.05, 4.69) is 155 Å². The molecule has 0 bridgehead atoms. The summed E-state index contributed by atoms with van der Waals surface area (Å²) in [7, 11) is 6.86. The maximum atomic E-state index is 11.9.